The maximum Gasteiger partial charge on any atom is 0.245 e. The number of carbonyl (C=O) groups is 1. The van der Waals surface area contributed by atoms with Crippen LogP contribution in [0.3, 0.4) is 0 Å². The predicted molar refractivity (Wildman–Crippen MR) is 106 cm³/mol. The second-order valence-electron chi connectivity index (χ2n) is 6.66. The van der Waals surface area contributed by atoms with E-state index in [0.29, 0.717) is 5.92 Å². The van der Waals surface area contributed by atoms with Crippen molar-refractivity contribution in [1.82, 2.24) is 15.1 Å². The maximum atomic E-state index is 12.6. The molecule has 25 heavy (non-hydrogen) atoms. The minimum atomic E-state index is -0.349. The van der Waals surface area contributed by atoms with Gasteiger partial charge in [0.15, 0.2) is 0 Å². The third-order valence-electron chi connectivity index (χ3n) is 4.88. The normalized spacial score (nSPS) is 14.8. The van der Waals surface area contributed by atoms with Crippen LogP contribution < -0.4 is 5.32 Å². The number of halogens is 1. The van der Waals surface area contributed by atoms with Gasteiger partial charge in [0, 0.05) is 6.20 Å². The number of carbonyl (C=O) groups excluding carboxylic acids is 1. The number of rotatable bonds is 7. The zero-order chi connectivity index (χ0) is 18.6. The van der Waals surface area contributed by atoms with E-state index in [2.05, 4.69) is 71.4 Å². The summed E-state index contributed by atoms with van der Waals surface area (Å²) in [6, 6.07) is 8.29. The first-order chi connectivity index (χ1) is 11.9. The lowest BCUT2D eigenvalue weighted by atomic mass is 9.95. The van der Waals surface area contributed by atoms with Crippen molar-refractivity contribution >= 4 is 21.8 Å². The minimum absolute atomic E-state index is 0.0148. The van der Waals surface area contributed by atoms with E-state index in [4.69, 9.17) is 0 Å². The van der Waals surface area contributed by atoms with E-state index < -0.39 is 0 Å². The van der Waals surface area contributed by atoms with Crippen molar-refractivity contribution in [3.8, 4) is 0 Å². The number of hydrogen-bond acceptors (Lipinski definition) is 2. The molecule has 0 aliphatic carbocycles. The van der Waals surface area contributed by atoms with Crippen molar-refractivity contribution in [1.29, 1.82) is 0 Å². The average molecular weight is 406 g/mol. The second kappa shape index (κ2) is 8.65. The number of aromatic nitrogens is 2. The molecular weight excluding hydrogens is 378 g/mol. The summed E-state index contributed by atoms with van der Waals surface area (Å²) in [5.74, 6) is 0.540. The van der Waals surface area contributed by atoms with Crippen LogP contribution in [0.2, 0.25) is 0 Å². The van der Waals surface area contributed by atoms with E-state index in [0.717, 1.165) is 28.6 Å². The molecule has 2 aromatic rings. The molecule has 0 aliphatic rings. The first kappa shape index (κ1) is 19.7. The third kappa shape index (κ3) is 4.72. The molecule has 0 saturated heterocycles. The Morgan fingerprint density at radius 2 is 1.76 bits per heavy atom. The molecule has 136 valence electrons. The van der Waals surface area contributed by atoms with Gasteiger partial charge in [0.25, 0.3) is 0 Å². The zero-order valence-corrected chi connectivity index (χ0v) is 17.3. The van der Waals surface area contributed by atoms with Crippen LogP contribution in [0.1, 0.15) is 75.4 Å². The van der Waals surface area contributed by atoms with Gasteiger partial charge in [-0.2, -0.15) is 5.10 Å². The summed E-state index contributed by atoms with van der Waals surface area (Å²) < 4.78 is 2.62. The van der Waals surface area contributed by atoms with Gasteiger partial charge < -0.3 is 5.32 Å². The molecular formula is C20H28BrN3O. The van der Waals surface area contributed by atoms with Crippen LogP contribution in [0.15, 0.2) is 34.9 Å². The van der Waals surface area contributed by atoms with Gasteiger partial charge in [0.2, 0.25) is 5.91 Å². The Balaban J connectivity index is 2.09. The molecule has 1 N–H and O–H groups in total. The fourth-order valence-electron chi connectivity index (χ4n) is 2.78. The van der Waals surface area contributed by atoms with Gasteiger partial charge >= 0.3 is 0 Å². The Kier molecular flexibility index (Phi) is 6.82. The van der Waals surface area contributed by atoms with Crippen LogP contribution in [-0.2, 0) is 4.79 Å². The summed E-state index contributed by atoms with van der Waals surface area (Å²) in [6.07, 6.45) is 3.83. The topological polar surface area (TPSA) is 46.9 Å². The van der Waals surface area contributed by atoms with E-state index in [1.807, 2.05) is 20.0 Å². The SMILES string of the molecule is CCC(C)c1ccc(C(CC)NC(=O)C(C)n2cc(Br)c(C)n2)cc1. The van der Waals surface area contributed by atoms with Crippen LogP contribution in [-0.4, -0.2) is 15.7 Å². The number of hydrogen-bond donors (Lipinski definition) is 1. The molecule has 1 amide bonds. The van der Waals surface area contributed by atoms with E-state index in [-0.39, 0.29) is 18.0 Å². The fraction of sp³-hybridized carbons (Fsp3) is 0.500. The highest BCUT2D eigenvalue weighted by Gasteiger charge is 2.20. The summed E-state index contributed by atoms with van der Waals surface area (Å²) in [5, 5.41) is 7.54. The molecule has 3 atom stereocenters. The van der Waals surface area contributed by atoms with Crippen LogP contribution in [0.25, 0.3) is 0 Å². The molecule has 0 radical (unpaired) electrons. The van der Waals surface area contributed by atoms with Crippen molar-refractivity contribution in [2.75, 3.05) is 0 Å². The van der Waals surface area contributed by atoms with Gasteiger partial charge in [0.05, 0.1) is 16.2 Å². The predicted octanol–water partition coefficient (Wildman–Crippen LogP) is 5.30. The monoisotopic (exact) mass is 405 g/mol. The summed E-state index contributed by atoms with van der Waals surface area (Å²) in [7, 11) is 0. The Labute approximate surface area is 159 Å². The quantitative estimate of drug-likeness (QED) is 0.679. The van der Waals surface area contributed by atoms with Crippen LogP contribution in [0, 0.1) is 6.92 Å². The third-order valence-corrected chi connectivity index (χ3v) is 5.66. The molecule has 0 bridgehead atoms. The number of nitrogens with one attached hydrogen (secondary N) is 1. The molecule has 3 unspecified atom stereocenters. The first-order valence-electron chi connectivity index (χ1n) is 8.98. The summed E-state index contributed by atoms with van der Waals surface area (Å²) in [5.41, 5.74) is 3.37. The van der Waals surface area contributed by atoms with Gasteiger partial charge in [-0.25, -0.2) is 0 Å². The Bertz CT molecular complexity index is 689. The van der Waals surface area contributed by atoms with E-state index in [1.165, 1.54) is 5.56 Å². The van der Waals surface area contributed by atoms with Crippen molar-refractivity contribution in [2.24, 2.45) is 0 Å². The zero-order valence-electron chi connectivity index (χ0n) is 15.7. The lowest BCUT2D eigenvalue weighted by Gasteiger charge is -2.21. The second-order valence-corrected chi connectivity index (χ2v) is 7.52. The van der Waals surface area contributed by atoms with E-state index >= 15 is 0 Å². The standard InChI is InChI=1S/C20H28BrN3O/c1-6-13(3)16-8-10-17(11-9-16)19(7-2)22-20(25)15(5)24-12-18(21)14(4)23-24/h8-13,15,19H,6-7H2,1-5H3,(H,22,25). The number of benzene rings is 1. The summed E-state index contributed by atoms with van der Waals surface area (Å²) in [6.45, 7) is 10.3. The molecule has 5 heteroatoms. The maximum absolute atomic E-state index is 12.6. The van der Waals surface area contributed by atoms with Gasteiger partial charge in [-0.3, -0.25) is 9.48 Å². The molecule has 1 aromatic carbocycles. The number of aryl methyl sites for hydroxylation is 1. The molecule has 2 rings (SSSR count). The molecule has 1 heterocycles. The Morgan fingerprint density at radius 3 is 2.24 bits per heavy atom. The van der Waals surface area contributed by atoms with E-state index in [9.17, 15) is 4.79 Å². The van der Waals surface area contributed by atoms with Crippen molar-refractivity contribution in [3.63, 3.8) is 0 Å². The van der Waals surface area contributed by atoms with Crippen LogP contribution in [0.5, 0.6) is 0 Å². The Hall–Kier alpha value is -1.62. The van der Waals surface area contributed by atoms with Gasteiger partial charge in [-0.1, -0.05) is 45.0 Å². The molecule has 0 saturated carbocycles. The van der Waals surface area contributed by atoms with Crippen LogP contribution in [0.4, 0.5) is 0 Å². The lowest BCUT2D eigenvalue weighted by Crippen LogP contribution is -2.34. The highest BCUT2D eigenvalue weighted by molar-refractivity contribution is 9.10. The fourth-order valence-corrected chi connectivity index (χ4v) is 3.07. The van der Waals surface area contributed by atoms with E-state index in [1.54, 1.807) is 4.68 Å². The average Bonchev–Trinajstić information content (AvgIpc) is 2.97. The largest absolute Gasteiger partial charge is 0.347 e. The lowest BCUT2D eigenvalue weighted by molar-refractivity contribution is -0.124. The molecule has 0 spiro atoms. The smallest absolute Gasteiger partial charge is 0.245 e. The van der Waals surface area contributed by atoms with Crippen LogP contribution >= 0.6 is 15.9 Å². The number of nitrogens with zero attached hydrogens (tertiary/aromatic N) is 2. The van der Waals surface area contributed by atoms with Crippen molar-refractivity contribution in [3.05, 3.63) is 51.8 Å². The Morgan fingerprint density at radius 1 is 1.16 bits per heavy atom. The molecule has 1 aromatic heterocycles. The molecule has 0 aliphatic heterocycles. The highest BCUT2D eigenvalue weighted by Crippen LogP contribution is 2.23. The minimum Gasteiger partial charge on any atom is -0.347 e. The number of amides is 1. The summed E-state index contributed by atoms with van der Waals surface area (Å²) >= 11 is 3.44. The van der Waals surface area contributed by atoms with Crippen molar-refractivity contribution < 1.29 is 4.79 Å². The van der Waals surface area contributed by atoms with Crippen molar-refractivity contribution in [2.45, 2.75) is 65.5 Å². The van der Waals surface area contributed by atoms with Gasteiger partial charge in [-0.05, 0) is 59.7 Å². The highest BCUT2D eigenvalue weighted by atomic mass is 79.9. The molecule has 4 nitrogen and oxygen atoms in total. The van der Waals surface area contributed by atoms with Gasteiger partial charge in [0.1, 0.15) is 6.04 Å². The molecule has 0 fully saturated rings. The van der Waals surface area contributed by atoms with Gasteiger partial charge in [-0.15, -0.1) is 0 Å². The first-order valence-corrected chi connectivity index (χ1v) is 9.78. The summed E-state index contributed by atoms with van der Waals surface area (Å²) in [4.78, 5) is 12.6.